The number of amides is 2. The monoisotopic (exact) mass is 290 g/mol. The average molecular weight is 290 g/mol. The number of benzene rings is 1. The largest absolute Gasteiger partial charge is 0.481 e. The van der Waals surface area contributed by atoms with Gasteiger partial charge in [-0.25, -0.2) is 4.79 Å². The number of Topliss-reactive ketones (excluding diaryl/α,β-unsaturated/α-hetero) is 1. The molecule has 112 valence electrons. The second-order valence-electron chi connectivity index (χ2n) is 5.44. The van der Waals surface area contributed by atoms with Gasteiger partial charge in [-0.3, -0.25) is 9.59 Å². The van der Waals surface area contributed by atoms with Gasteiger partial charge in [0.05, 0.1) is 5.92 Å². The Morgan fingerprint density at radius 1 is 1.29 bits per heavy atom. The van der Waals surface area contributed by atoms with Crippen LogP contribution in [0.15, 0.2) is 18.2 Å². The fourth-order valence-electron chi connectivity index (χ4n) is 2.24. The first kappa shape index (κ1) is 15.0. The standard InChI is InChI=1S/C15H18N2O4/c1-8(9(2)14(19)20)13(18)10-4-5-12-11(6-10)7-17(3)15(21)16-12/h4-6,8-9H,7H2,1-3H3,(H,16,21)(H,19,20). The summed E-state index contributed by atoms with van der Waals surface area (Å²) in [7, 11) is 1.67. The van der Waals surface area contributed by atoms with Crippen LogP contribution in [-0.2, 0) is 11.3 Å². The van der Waals surface area contributed by atoms with Crippen LogP contribution in [0.4, 0.5) is 10.5 Å². The predicted octanol–water partition coefficient (Wildman–Crippen LogP) is 2.20. The lowest BCUT2D eigenvalue weighted by molar-refractivity contribution is -0.142. The zero-order valence-electron chi connectivity index (χ0n) is 12.2. The summed E-state index contributed by atoms with van der Waals surface area (Å²) < 4.78 is 0. The topological polar surface area (TPSA) is 86.7 Å². The maximum atomic E-state index is 12.4. The predicted molar refractivity (Wildman–Crippen MR) is 77.2 cm³/mol. The molecule has 0 saturated carbocycles. The molecule has 0 radical (unpaired) electrons. The highest BCUT2D eigenvalue weighted by Crippen LogP contribution is 2.26. The number of ketones is 1. The summed E-state index contributed by atoms with van der Waals surface area (Å²) in [5.41, 5.74) is 2.01. The molecule has 1 heterocycles. The third-order valence-corrected chi connectivity index (χ3v) is 3.94. The van der Waals surface area contributed by atoms with Gasteiger partial charge in [-0.15, -0.1) is 0 Å². The fraction of sp³-hybridized carbons (Fsp3) is 0.400. The molecule has 1 aliphatic rings. The van der Waals surface area contributed by atoms with Crippen LogP contribution in [0, 0.1) is 11.8 Å². The van der Waals surface area contributed by atoms with Crippen LogP contribution in [0.5, 0.6) is 0 Å². The molecule has 2 rings (SSSR count). The Bertz CT molecular complexity index is 612. The molecule has 2 N–H and O–H groups in total. The van der Waals surface area contributed by atoms with E-state index in [-0.39, 0.29) is 11.8 Å². The molecule has 6 nitrogen and oxygen atoms in total. The van der Waals surface area contributed by atoms with Gasteiger partial charge < -0.3 is 15.3 Å². The minimum absolute atomic E-state index is 0.186. The van der Waals surface area contributed by atoms with Gasteiger partial charge in [0.2, 0.25) is 0 Å². The second-order valence-corrected chi connectivity index (χ2v) is 5.44. The number of aliphatic carboxylic acids is 1. The number of carbonyl (C=O) groups is 3. The molecule has 0 fully saturated rings. The smallest absolute Gasteiger partial charge is 0.321 e. The Morgan fingerprint density at radius 3 is 2.57 bits per heavy atom. The van der Waals surface area contributed by atoms with Crippen LogP contribution in [0.25, 0.3) is 0 Å². The number of hydrogen-bond acceptors (Lipinski definition) is 3. The van der Waals surface area contributed by atoms with Gasteiger partial charge in [-0.1, -0.05) is 13.8 Å². The van der Waals surface area contributed by atoms with Crippen molar-refractivity contribution in [3.8, 4) is 0 Å². The number of carboxylic acids is 1. The second kappa shape index (κ2) is 5.55. The van der Waals surface area contributed by atoms with E-state index >= 15 is 0 Å². The molecule has 2 unspecified atom stereocenters. The van der Waals surface area contributed by atoms with Crippen LogP contribution in [0.2, 0.25) is 0 Å². The van der Waals surface area contributed by atoms with Crippen LogP contribution in [0.3, 0.4) is 0 Å². The van der Waals surface area contributed by atoms with Gasteiger partial charge in [-0.05, 0) is 23.8 Å². The number of anilines is 1. The average Bonchev–Trinajstić information content (AvgIpc) is 2.45. The molecular weight excluding hydrogens is 272 g/mol. The SMILES string of the molecule is CC(C(=O)O)C(C)C(=O)c1ccc2c(c1)CN(C)C(=O)N2. The van der Waals surface area contributed by atoms with Crippen molar-refractivity contribution in [2.75, 3.05) is 12.4 Å². The lowest BCUT2D eigenvalue weighted by Gasteiger charge is -2.26. The zero-order chi connectivity index (χ0) is 15.7. The van der Waals surface area contributed by atoms with Crippen molar-refractivity contribution in [3.63, 3.8) is 0 Å². The molecule has 0 saturated heterocycles. The molecule has 0 aliphatic carbocycles. The van der Waals surface area contributed by atoms with Gasteiger partial charge in [0.15, 0.2) is 5.78 Å². The zero-order valence-corrected chi connectivity index (χ0v) is 12.2. The Hall–Kier alpha value is -2.37. The summed E-state index contributed by atoms with van der Waals surface area (Å²) in [6, 6.07) is 4.84. The lowest BCUT2D eigenvalue weighted by atomic mass is 9.87. The summed E-state index contributed by atoms with van der Waals surface area (Å²) >= 11 is 0. The third kappa shape index (κ3) is 2.89. The summed E-state index contributed by atoms with van der Waals surface area (Å²) in [4.78, 5) is 36.4. The van der Waals surface area contributed by atoms with Crippen molar-refractivity contribution in [3.05, 3.63) is 29.3 Å². The van der Waals surface area contributed by atoms with Crippen molar-refractivity contribution >= 4 is 23.5 Å². The van der Waals surface area contributed by atoms with Crippen molar-refractivity contribution in [2.24, 2.45) is 11.8 Å². The fourth-order valence-corrected chi connectivity index (χ4v) is 2.24. The van der Waals surface area contributed by atoms with Gasteiger partial charge >= 0.3 is 12.0 Å². The molecule has 1 aromatic rings. The van der Waals surface area contributed by atoms with Crippen LogP contribution < -0.4 is 5.32 Å². The van der Waals surface area contributed by atoms with Crippen LogP contribution in [0.1, 0.15) is 29.8 Å². The van der Waals surface area contributed by atoms with Crippen LogP contribution in [-0.4, -0.2) is 34.8 Å². The molecular formula is C15H18N2O4. The molecule has 6 heteroatoms. The number of fused-ring (bicyclic) bond motifs is 1. The number of nitrogens with zero attached hydrogens (tertiary/aromatic N) is 1. The van der Waals surface area contributed by atoms with E-state index in [1.54, 1.807) is 32.2 Å². The highest BCUT2D eigenvalue weighted by molar-refractivity contribution is 6.01. The highest BCUT2D eigenvalue weighted by Gasteiger charge is 2.28. The third-order valence-electron chi connectivity index (χ3n) is 3.94. The van der Waals surface area contributed by atoms with Crippen molar-refractivity contribution < 1.29 is 19.5 Å². The normalized spacial score (nSPS) is 16.7. The summed E-state index contributed by atoms with van der Waals surface area (Å²) in [6.45, 7) is 3.57. The number of carbonyl (C=O) groups excluding carboxylic acids is 2. The Morgan fingerprint density at radius 2 is 1.95 bits per heavy atom. The first-order valence-corrected chi connectivity index (χ1v) is 6.73. The lowest BCUT2D eigenvalue weighted by Crippen LogP contribution is -2.35. The summed E-state index contributed by atoms with van der Waals surface area (Å²) in [5.74, 6) is -2.53. The van der Waals surface area contributed by atoms with Crippen LogP contribution >= 0.6 is 0 Å². The summed E-state index contributed by atoms with van der Waals surface area (Å²) in [5, 5.41) is 11.7. The van der Waals surface area contributed by atoms with E-state index in [0.29, 0.717) is 17.8 Å². The number of rotatable bonds is 4. The van der Waals surface area contributed by atoms with E-state index in [4.69, 9.17) is 5.11 Å². The van der Waals surface area contributed by atoms with E-state index in [1.807, 2.05) is 0 Å². The molecule has 1 aromatic carbocycles. The first-order valence-electron chi connectivity index (χ1n) is 6.73. The molecule has 2 amide bonds. The van der Waals surface area contributed by atoms with E-state index in [9.17, 15) is 14.4 Å². The maximum absolute atomic E-state index is 12.4. The number of nitrogens with one attached hydrogen (secondary N) is 1. The maximum Gasteiger partial charge on any atom is 0.321 e. The minimum Gasteiger partial charge on any atom is -0.481 e. The highest BCUT2D eigenvalue weighted by atomic mass is 16.4. The van der Waals surface area contributed by atoms with E-state index in [2.05, 4.69) is 5.32 Å². The number of carboxylic acid groups (broad SMARTS) is 1. The van der Waals surface area contributed by atoms with Crippen molar-refractivity contribution in [2.45, 2.75) is 20.4 Å². The van der Waals surface area contributed by atoms with Gasteiger partial charge in [0.25, 0.3) is 0 Å². The molecule has 21 heavy (non-hydrogen) atoms. The molecule has 0 spiro atoms. The molecule has 2 atom stereocenters. The molecule has 0 bridgehead atoms. The van der Waals surface area contributed by atoms with Gasteiger partial charge in [0.1, 0.15) is 0 Å². The molecule has 1 aliphatic heterocycles. The summed E-state index contributed by atoms with van der Waals surface area (Å²) in [6.07, 6.45) is 0. The quantitative estimate of drug-likeness (QED) is 0.832. The van der Waals surface area contributed by atoms with E-state index in [1.165, 1.54) is 11.8 Å². The van der Waals surface area contributed by atoms with Crippen molar-refractivity contribution in [1.82, 2.24) is 4.90 Å². The minimum atomic E-state index is -0.985. The molecule has 0 aromatic heterocycles. The van der Waals surface area contributed by atoms with E-state index in [0.717, 1.165) is 5.56 Å². The Balaban J connectivity index is 2.26. The first-order chi connectivity index (χ1) is 9.81. The number of urea groups is 1. The Labute approximate surface area is 122 Å². The van der Waals surface area contributed by atoms with E-state index < -0.39 is 17.8 Å². The van der Waals surface area contributed by atoms with Gasteiger partial charge in [0, 0.05) is 30.8 Å². The Kier molecular flexibility index (Phi) is 3.97. The van der Waals surface area contributed by atoms with Crippen molar-refractivity contribution in [1.29, 1.82) is 0 Å². The van der Waals surface area contributed by atoms with Gasteiger partial charge in [-0.2, -0.15) is 0 Å². The number of hydrogen-bond donors (Lipinski definition) is 2.